The minimum atomic E-state index is -0.0662. The van der Waals surface area contributed by atoms with Gasteiger partial charge in [-0.05, 0) is 64.6 Å². The van der Waals surface area contributed by atoms with Crippen LogP contribution in [0.1, 0.15) is 104 Å². The smallest absolute Gasteiger partial charge is 0.267 e. The molecule has 2 aliphatic carbocycles. The lowest BCUT2D eigenvalue weighted by atomic mass is 9.35. The molecule has 3 aromatic heterocycles. The van der Waals surface area contributed by atoms with Crippen molar-refractivity contribution in [1.29, 1.82) is 0 Å². The summed E-state index contributed by atoms with van der Waals surface area (Å²) in [6, 6.07) is 6.71. The molecule has 3 aromatic rings. The first-order valence-electron chi connectivity index (χ1n) is 13.7. The van der Waals surface area contributed by atoms with Crippen LogP contribution in [-0.4, -0.2) is 21.7 Å². The van der Waals surface area contributed by atoms with Crippen molar-refractivity contribution >= 4 is 23.1 Å². The zero-order valence-corrected chi connectivity index (χ0v) is 23.4. The third-order valence-electron chi connectivity index (χ3n) is 9.75. The van der Waals surface area contributed by atoms with Crippen LogP contribution in [0.25, 0.3) is 0 Å². The molecular formula is C31H36BN3O2. The number of hydrogen-bond donors (Lipinski definition) is 0. The van der Waals surface area contributed by atoms with Crippen LogP contribution in [0.15, 0.2) is 24.4 Å². The van der Waals surface area contributed by atoms with Gasteiger partial charge in [-0.15, -0.1) is 0 Å². The summed E-state index contributed by atoms with van der Waals surface area (Å²) in [6.07, 6.45) is 6.27. The minimum Gasteiger partial charge on any atom is -0.440 e. The fourth-order valence-electron chi connectivity index (χ4n) is 6.97. The highest BCUT2D eigenvalue weighted by atomic mass is 16.5. The molecule has 37 heavy (non-hydrogen) atoms. The molecule has 0 saturated heterocycles. The van der Waals surface area contributed by atoms with E-state index in [1.165, 1.54) is 16.8 Å². The normalized spacial score (nSPS) is 22.3. The first-order valence-corrected chi connectivity index (χ1v) is 13.7. The maximum atomic E-state index is 6.50. The Morgan fingerprint density at radius 1 is 0.649 bits per heavy atom. The van der Waals surface area contributed by atoms with E-state index in [1.54, 1.807) is 6.20 Å². The first kappa shape index (κ1) is 23.2. The van der Waals surface area contributed by atoms with Gasteiger partial charge in [0, 0.05) is 22.5 Å². The van der Waals surface area contributed by atoms with Crippen LogP contribution in [0.4, 0.5) is 0 Å². The Bertz CT molecular complexity index is 1400. The largest absolute Gasteiger partial charge is 0.440 e. The molecule has 0 unspecified atom stereocenters. The molecule has 5 nitrogen and oxygen atoms in total. The Morgan fingerprint density at radius 2 is 1.14 bits per heavy atom. The summed E-state index contributed by atoms with van der Waals surface area (Å²) in [6.45, 7) is 18.5. The van der Waals surface area contributed by atoms with Gasteiger partial charge < -0.3 is 9.47 Å². The van der Waals surface area contributed by atoms with Crippen LogP contribution in [0, 0.1) is 0 Å². The maximum Gasteiger partial charge on any atom is 0.267 e. The highest BCUT2D eigenvalue weighted by Gasteiger charge is 2.48. The standard InChI is InChI=1S/C31H36BN3O2/c1-28(2)10-12-30(5,6)23-17(28)15-19-25(34-23)36-21-9-14-33-27-22(21)32(19)20-16-18-24(35-26(20)37-27)31(7,8)13-11-29(18,3)4/h9,14-16H,10-13H2,1-8H3. The van der Waals surface area contributed by atoms with E-state index < -0.39 is 0 Å². The van der Waals surface area contributed by atoms with Gasteiger partial charge in [-0.3, -0.25) is 0 Å². The van der Waals surface area contributed by atoms with E-state index in [0.29, 0.717) is 17.6 Å². The Kier molecular flexibility index (Phi) is 4.37. The summed E-state index contributed by atoms with van der Waals surface area (Å²) in [7, 11) is 0. The summed E-state index contributed by atoms with van der Waals surface area (Å²) in [5, 5.41) is 0. The van der Waals surface area contributed by atoms with E-state index in [2.05, 4.69) is 72.5 Å². The first-order chi connectivity index (χ1) is 17.3. The van der Waals surface area contributed by atoms with Crippen molar-refractivity contribution in [3.8, 4) is 23.4 Å². The SMILES string of the molecule is CC1(C)CCC(C)(C)c2nc3c(cc21)B1c2cc4c(nc2Oc2nccc(c21)O3)C(C)(C)CCC4(C)C. The topological polar surface area (TPSA) is 57.1 Å². The lowest BCUT2D eigenvalue weighted by Gasteiger charge is -2.43. The van der Waals surface area contributed by atoms with Gasteiger partial charge in [0.15, 0.2) is 0 Å². The fraction of sp³-hybridized carbons (Fsp3) is 0.516. The van der Waals surface area contributed by atoms with E-state index in [9.17, 15) is 0 Å². The van der Waals surface area contributed by atoms with Gasteiger partial charge in [0.2, 0.25) is 17.6 Å². The molecule has 0 fully saturated rings. The summed E-state index contributed by atoms with van der Waals surface area (Å²) < 4.78 is 12.9. The third-order valence-corrected chi connectivity index (χ3v) is 9.75. The van der Waals surface area contributed by atoms with Gasteiger partial charge in [-0.2, -0.15) is 0 Å². The number of ether oxygens (including phenoxy) is 2. The van der Waals surface area contributed by atoms with E-state index in [0.717, 1.165) is 53.5 Å². The number of pyridine rings is 3. The van der Waals surface area contributed by atoms with Gasteiger partial charge in [0.05, 0.1) is 11.4 Å². The van der Waals surface area contributed by atoms with Gasteiger partial charge in [0.25, 0.3) is 6.71 Å². The van der Waals surface area contributed by atoms with Crippen LogP contribution in [0.5, 0.6) is 23.4 Å². The van der Waals surface area contributed by atoms with Crippen LogP contribution in [-0.2, 0) is 21.7 Å². The minimum absolute atomic E-state index is 0.00259. The third kappa shape index (κ3) is 3.14. The Labute approximate surface area is 220 Å². The molecule has 0 bridgehead atoms. The van der Waals surface area contributed by atoms with Crippen molar-refractivity contribution in [1.82, 2.24) is 15.0 Å². The average Bonchev–Trinajstić information content (AvgIpc) is 2.83. The molecule has 0 atom stereocenters. The van der Waals surface area contributed by atoms with Crippen molar-refractivity contribution in [3.05, 3.63) is 46.9 Å². The second-order valence-electron chi connectivity index (χ2n) is 14.3. The van der Waals surface area contributed by atoms with Crippen LogP contribution >= 0.6 is 0 Å². The number of nitrogens with zero attached hydrogens (tertiary/aromatic N) is 3. The quantitative estimate of drug-likeness (QED) is 0.274. The molecule has 7 rings (SSSR count). The predicted octanol–water partition coefficient (Wildman–Crippen LogP) is 5.30. The Morgan fingerprint density at radius 3 is 1.68 bits per heavy atom. The number of aromatic nitrogens is 3. The molecule has 0 spiro atoms. The van der Waals surface area contributed by atoms with Crippen molar-refractivity contribution < 1.29 is 9.47 Å². The summed E-state index contributed by atoms with van der Waals surface area (Å²) in [5.41, 5.74) is 8.31. The summed E-state index contributed by atoms with van der Waals surface area (Å²) >= 11 is 0. The maximum absolute atomic E-state index is 6.50. The van der Waals surface area contributed by atoms with Gasteiger partial charge >= 0.3 is 0 Å². The molecule has 0 saturated carbocycles. The molecule has 4 aliphatic rings. The van der Waals surface area contributed by atoms with Gasteiger partial charge in [0.1, 0.15) is 5.75 Å². The molecular weight excluding hydrogens is 457 g/mol. The van der Waals surface area contributed by atoms with Crippen LogP contribution in [0.2, 0.25) is 0 Å². The summed E-state index contributed by atoms with van der Waals surface area (Å²) in [4.78, 5) is 15.1. The number of fused-ring (bicyclic) bond motifs is 6. The molecule has 0 N–H and O–H groups in total. The van der Waals surface area contributed by atoms with Crippen LogP contribution < -0.4 is 25.9 Å². The zero-order chi connectivity index (χ0) is 26.1. The molecule has 190 valence electrons. The summed E-state index contributed by atoms with van der Waals surface area (Å²) in [5.74, 6) is 2.77. The van der Waals surface area contributed by atoms with Crippen molar-refractivity contribution in [2.45, 2.75) is 103 Å². The Balaban J connectivity index is 1.52. The van der Waals surface area contributed by atoms with Crippen molar-refractivity contribution in [2.24, 2.45) is 0 Å². The van der Waals surface area contributed by atoms with E-state index >= 15 is 0 Å². The average molecular weight is 493 g/mol. The predicted molar refractivity (Wildman–Crippen MR) is 148 cm³/mol. The molecule has 2 aliphatic heterocycles. The monoisotopic (exact) mass is 493 g/mol. The van der Waals surface area contributed by atoms with E-state index in [4.69, 9.17) is 19.4 Å². The second-order valence-corrected chi connectivity index (χ2v) is 14.3. The van der Waals surface area contributed by atoms with Crippen molar-refractivity contribution in [3.63, 3.8) is 0 Å². The van der Waals surface area contributed by atoms with Gasteiger partial charge in [-0.1, -0.05) is 67.5 Å². The molecule has 6 heteroatoms. The lowest BCUT2D eigenvalue weighted by molar-refractivity contribution is 0.317. The highest BCUT2D eigenvalue weighted by Crippen LogP contribution is 2.48. The number of hydrogen-bond acceptors (Lipinski definition) is 5. The fourth-order valence-corrected chi connectivity index (χ4v) is 6.97. The molecule has 5 heterocycles. The second kappa shape index (κ2) is 6.95. The van der Waals surface area contributed by atoms with Crippen LogP contribution in [0.3, 0.4) is 0 Å². The lowest BCUT2D eigenvalue weighted by Crippen LogP contribution is -2.59. The van der Waals surface area contributed by atoms with Gasteiger partial charge in [-0.25, -0.2) is 15.0 Å². The van der Waals surface area contributed by atoms with E-state index in [1.807, 2.05) is 6.07 Å². The van der Waals surface area contributed by atoms with E-state index in [-0.39, 0.29) is 28.4 Å². The molecule has 0 aromatic carbocycles. The Hall–Kier alpha value is -2.89. The zero-order valence-electron chi connectivity index (χ0n) is 23.4. The highest BCUT2D eigenvalue weighted by molar-refractivity contribution is 6.98. The molecule has 0 radical (unpaired) electrons. The molecule has 0 amide bonds. The number of rotatable bonds is 0. The van der Waals surface area contributed by atoms with Crippen molar-refractivity contribution in [2.75, 3.05) is 0 Å².